The van der Waals surface area contributed by atoms with Crippen LogP contribution in [0.25, 0.3) is 0 Å². The van der Waals surface area contributed by atoms with Gasteiger partial charge in [0.2, 0.25) is 0 Å². The van der Waals surface area contributed by atoms with E-state index in [9.17, 15) is 9.59 Å². The number of hydrogen-bond acceptors (Lipinski definition) is 4. The van der Waals surface area contributed by atoms with Crippen LogP contribution in [0.2, 0.25) is 0 Å². The maximum atomic E-state index is 11.6. The maximum absolute atomic E-state index is 11.6. The minimum Gasteiger partial charge on any atom is -0.395 e. The minimum atomic E-state index is -0.550. The Kier molecular flexibility index (Phi) is 4.51. The van der Waals surface area contributed by atoms with E-state index in [4.69, 9.17) is 5.11 Å². The number of rotatable bonds is 2. The van der Waals surface area contributed by atoms with Crippen molar-refractivity contribution in [3.63, 3.8) is 0 Å². The van der Waals surface area contributed by atoms with Crippen molar-refractivity contribution < 1.29 is 14.7 Å². The Morgan fingerprint density at radius 3 is 2.53 bits per heavy atom. The topological polar surface area (TPSA) is 72.9 Å². The average molecular weight is 215 g/mol. The van der Waals surface area contributed by atoms with Crippen molar-refractivity contribution in [3.05, 3.63) is 0 Å². The molecule has 1 saturated heterocycles. The summed E-state index contributed by atoms with van der Waals surface area (Å²) in [5.74, 6) is -1.03. The third-order valence-corrected chi connectivity index (χ3v) is 2.37. The molecule has 0 spiro atoms. The molecule has 0 radical (unpaired) electrons. The van der Waals surface area contributed by atoms with Crippen molar-refractivity contribution in [2.24, 2.45) is 0 Å². The number of carbonyl (C=O) groups is 2. The third-order valence-electron chi connectivity index (χ3n) is 2.37. The number of aliphatic hydroxyl groups excluding tert-OH is 1. The van der Waals surface area contributed by atoms with Gasteiger partial charge in [-0.3, -0.25) is 9.59 Å². The molecular weight excluding hydrogens is 198 g/mol. The second-order valence-corrected chi connectivity index (χ2v) is 3.49. The van der Waals surface area contributed by atoms with Gasteiger partial charge in [0.25, 0.3) is 0 Å². The van der Waals surface area contributed by atoms with Crippen LogP contribution in [0.15, 0.2) is 0 Å². The van der Waals surface area contributed by atoms with Gasteiger partial charge in [-0.25, -0.2) is 0 Å². The molecule has 2 amide bonds. The molecule has 2 N–H and O–H groups in total. The third kappa shape index (κ3) is 3.17. The van der Waals surface area contributed by atoms with E-state index in [-0.39, 0.29) is 13.2 Å². The van der Waals surface area contributed by atoms with E-state index < -0.39 is 11.8 Å². The van der Waals surface area contributed by atoms with Gasteiger partial charge in [-0.2, -0.15) is 0 Å². The van der Waals surface area contributed by atoms with Crippen LogP contribution in [0.5, 0.6) is 0 Å². The zero-order valence-corrected chi connectivity index (χ0v) is 8.90. The van der Waals surface area contributed by atoms with Crippen LogP contribution in [-0.4, -0.2) is 73.1 Å². The zero-order chi connectivity index (χ0) is 11.3. The molecule has 1 heterocycles. The van der Waals surface area contributed by atoms with Crippen LogP contribution in [0, 0.1) is 0 Å². The SMILES string of the molecule is CN(CCO)C(=O)C(=O)N1CCNCC1. The lowest BCUT2D eigenvalue weighted by molar-refractivity contribution is -0.151. The molecular formula is C9H17N3O3. The highest BCUT2D eigenvalue weighted by Gasteiger charge is 2.25. The molecule has 0 atom stereocenters. The van der Waals surface area contributed by atoms with E-state index in [0.717, 1.165) is 13.1 Å². The van der Waals surface area contributed by atoms with Crippen molar-refractivity contribution in [2.45, 2.75) is 0 Å². The Balaban J connectivity index is 2.47. The summed E-state index contributed by atoms with van der Waals surface area (Å²) in [7, 11) is 1.51. The Bertz CT molecular complexity index is 239. The van der Waals surface area contributed by atoms with Gasteiger partial charge in [-0.05, 0) is 0 Å². The first-order valence-corrected chi connectivity index (χ1v) is 5.02. The van der Waals surface area contributed by atoms with E-state index in [0.29, 0.717) is 13.1 Å². The van der Waals surface area contributed by atoms with Crippen molar-refractivity contribution in [1.82, 2.24) is 15.1 Å². The average Bonchev–Trinajstić information content (AvgIpc) is 2.28. The van der Waals surface area contributed by atoms with Gasteiger partial charge in [-0.15, -0.1) is 0 Å². The van der Waals surface area contributed by atoms with Crippen LogP contribution in [-0.2, 0) is 9.59 Å². The number of hydrogen-bond donors (Lipinski definition) is 2. The highest BCUT2D eigenvalue weighted by molar-refractivity contribution is 6.34. The lowest BCUT2D eigenvalue weighted by Crippen LogP contribution is -2.51. The summed E-state index contributed by atoms with van der Waals surface area (Å²) < 4.78 is 0. The Morgan fingerprint density at radius 2 is 2.00 bits per heavy atom. The first-order valence-electron chi connectivity index (χ1n) is 5.02. The quantitative estimate of drug-likeness (QED) is 0.516. The number of carbonyl (C=O) groups excluding carboxylic acids is 2. The standard InChI is InChI=1S/C9H17N3O3/c1-11(6-7-13)8(14)9(15)12-4-2-10-3-5-12/h10,13H,2-7H2,1H3. The fraction of sp³-hybridized carbons (Fsp3) is 0.778. The summed E-state index contributed by atoms with van der Waals surface area (Å²) in [5, 5.41) is 11.8. The molecule has 15 heavy (non-hydrogen) atoms. The normalized spacial score (nSPS) is 16.3. The molecule has 0 aliphatic carbocycles. The lowest BCUT2D eigenvalue weighted by Gasteiger charge is -2.28. The van der Waals surface area contributed by atoms with Crippen molar-refractivity contribution in [1.29, 1.82) is 0 Å². The van der Waals surface area contributed by atoms with Gasteiger partial charge in [0.15, 0.2) is 0 Å². The van der Waals surface area contributed by atoms with Gasteiger partial charge in [0.05, 0.1) is 6.61 Å². The number of nitrogens with one attached hydrogen (secondary N) is 1. The number of aliphatic hydroxyl groups is 1. The summed E-state index contributed by atoms with van der Waals surface area (Å²) in [5.41, 5.74) is 0. The zero-order valence-electron chi connectivity index (χ0n) is 8.90. The fourth-order valence-electron chi connectivity index (χ4n) is 1.42. The molecule has 1 rings (SSSR count). The molecule has 0 aromatic rings. The van der Waals surface area contributed by atoms with Crippen molar-refractivity contribution >= 4 is 11.8 Å². The summed E-state index contributed by atoms with van der Waals surface area (Å²) >= 11 is 0. The van der Waals surface area contributed by atoms with E-state index in [1.54, 1.807) is 0 Å². The molecule has 0 saturated carbocycles. The molecule has 1 aliphatic heterocycles. The first kappa shape index (κ1) is 11.9. The van der Waals surface area contributed by atoms with Gasteiger partial charge in [0.1, 0.15) is 0 Å². The maximum Gasteiger partial charge on any atom is 0.312 e. The van der Waals surface area contributed by atoms with Gasteiger partial charge in [0, 0.05) is 39.8 Å². The minimum absolute atomic E-state index is 0.128. The predicted molar refractivity (Wildman–Crippen MR) is 54.2 cm³/mol. The highest BCUT2D eigenvalue weighted by atomic mass is 16.3. The van der Waals surface area contributed by atoms with Crippen LogP contribution in [0.1, 0.15) is 0 Å². The molecule has 1 aliphatic rings. The second kappa shape index (κ2) is 5.67. The Labute approximate surface area is 88.8 Å². The summed E-state index contributed by atoms with van der Waals surface area (Å²) in [4.78, 5) is 25.9. The molecule has 0 aromatic carbocycles. The van der Waals surface area contributed by atoms with Crippen molar-refractivity contribution in [2.75, 3.05) is 46.4 Å². The highest BCUT2D eigenvalue weighted by Crippen LogP contribution is 1.96. The number of likely N-dealkylation sites (N-methyl/N-ethyl adjacent to an activating group) is 1. The monoisotopic (exact) mass is 215 g/mol. The molecule has 6 heteroatoms. The molecule has 86 valence electrons. The van der Waals surface area contributed by atoms with E-state index in [1.807, 2.05) is 0 Å². The molecule has 0 unspecified atom stereocenters. The van der Waals surface area contributed by atoms with E-state index in [2.05, 4.69) is 5.32 Å². The smallest absolute Gasteiger partial charge is 0.312 e. The van der Waals surface area contributed by atoms with Crippen LogP contribution in [0.3, 0.4) is 0 Å². The van der Waals surface area contributed by atoms with Gasteiger partial charge >= 0.3 is 11.8 Å². The van der Waals surface area contributed by atoms with E-state index in [1.165, 1.54) is 16.8 Å². The summed E-state index contributed by atoms with van der Waals surface area (Å²) in [6.45, 7) is 2.65. The van der Waals surface area contributed by atoms with E-state index >= 15 is 0 Å². The molecule has 0 bridgehead atoms. The molecule has 0 aromatic heterocycles. The Morgan fingerprint density at radius 1 is 1.40 bits per heavy atom. The van der Waals surface area contributed by atoms with Crippen LogP contribution < -0.4 is 5.32 Å². The fourth-order valence-corrected chi connectivity index (χ4v) is 1.42. The van der Waals surface area contributed by atoms with Gasteiger partial charge in [-0.1, -0.05) is 0 Å². The second-order valence-electron chi connectivity index (χ2n) is 3.49. The van der Waals surface area contributed by atoms with Crippen LogP contribution in [0.4, 0.5) is 0 Å². The largest absolute Gasteiger partial charge is 0.395 e. The number of amides is 2. The first-order chi connectivity index (χ1) is 7.16. The summed E-state index contributed by atoms with van der Waals surface area (Å²) in [6.07, 6.45) is 0. The van der Waals surface area contributed by atoms with Crippen molar-refractivity contribution in [3.8, 4) is 0 Å². The molecule has 6 nitrogen and oxygen atoms in total. The predicted octanol–water partition coefficient (Wildman–Crippen LogP) is -2.13. The molecule has 1 fully saturated rings. The van der Waals surface area contributed by atoms with Crippen LogP contribution >= 0.6 is 0 Å². The number of nitrogens with zero attached hydrogens (tertiary/aromatic N) is 2. The van der Waals surface area contributed by atoms with Gasteiger partial charge < -0.3 is 20.2 Å². The number of piperazine rings is 1. The lowest BCUT2D eigenvalue weighted by atomic mass is 10.3. The summed E-state index contributed by atoms with van der Waals surface area (Å²) in [6, 6.07) is 0. The Hall–Kier alpha value is -1.14.